The maximum absolute atomic E-state index is 12.2. The van der Waals surface area contributed by atoms with Gasteiger partial charge in [-0.2, -0.15) is 5.10 Å². The maximum Gasteiger partial charge on any atom is 0.338 e. The summed E-state index contributed by atoms with van der Waals surface area (Å²) < 4.78 is 6.89. The zero-order valence-electron chi connectivity index (χ0n) is 15.3. The third-order valence-electron chi connectivity index (χ3n) is 3.96. The highest BCUT2D eigenvalue weighted by molar-refractivity contribution is 6.00. The number of carbonyl (C=O) groups excluding carboxylic acids is 3. The average Bonchev–Trinajstić information content (AvgIpc) is 3.19. The number of carbonyl (C=O) groups is 3. The number of ketones is 1. The Labute approximate surface area is 161 Å². The number of aromatic nitrogens is 2. The molecule has 142 valence electrons. The summed E-state index contributed by atoms with van der Waals surface area (Å²) in [4.78, 5) is 35.3. The van der Waals surface area contributed by atoms with Crippen LogP contribution in [0.5, 0.6) is 0 Å². The van der Waals surface area contributed by atoms with Gasteiger partial charge in [-0.1, -0.05) is 12.1 Å². The van der Waals surface area contributed by atoms with Crippen LogP contribution in [0.2, 0.25) is 0 Å². The number of anilines is 1. The molecule has 1 amide bonds. The van der Waals surface area contributed by atoms with Crippen LogP contribution in [0.15, 0.2) is 67.0 Å². The lowest BCUT2D eigenvalue weighted by Gasteiger charge is -2.07. The fourth-order valence-corrected chi connectivity index (χ4v) is 2.57. The number of hydrogen-bond donors (Lipinski definition) is 1. The number of rotatable bonds is 7. The molecule has 0 unspecified atom stereocenters. The summed E-state index contributed by atoms with van der Waals surface area (Å²) >= 11 is 0. The number of ether oxygens (including phenoxy) is 1. The number of benzene rings is 2. The first-order valence-electron chi connectivity index (χ1n) is 8.65. The quantitative estimate of drug-likeness (QED) is 0.505. The van der Waals surface area contributed by atoms with E-state index in [1.165, 1.54) is 6.92 Å². The van der Waals surface area contributed by atoms with Gasteiger partial charge in [0.15, 0.2) is 12.4 Å². The normalized spacial score (nSPS) is 10.3. The molecule has 28 heavy (non-hydrogen) atoms. The van der Waals surface area contributed by atoms with E-state index in [2.05, 4.69) is 10.4 Å². The first-order chi connectivity index (χ1) is 13.5. The molecule has 1 aromatic heterocycles. The lowest BCUT2D eigenvalue weighted by molar-refractivity contribution is -0.114. The van der Waals surface area contributed by atoms with Crippen molar-refractivity contribution in [2.45, 2.75) is 13.5 Å². The van der Waals surface area contributed by atoms with Gasteiger partial charge in [0.05, 0.1) is 12.1 Å². The largest absolute Gasteiger partial charge is 0.454 e. The van der Waals surface area contributed by atoms with Crippen molar-refractivity contribution in [1.29, 1.82) is 0 Å². The zero-order chi connectivity index (χ0) is 19.9. The van der Waals surface area contributed by atoms with E-state index < -0.39 is 5.97 Å². The first-order valence-corrected chi connectivity index (χ1v) is 8.65. The highest BCUT2D eigenvalue weighted by atomic mass is 16.5. The van der Waals surface area contributed by atoms with Gasteiger partial charge in [0.25, 0.3) is 0 Å². The number of Topliss-reactive ketones (excluding diaryl/α,β-unsaturated/α-hetero) is 1. The third-order valence-corrected chi connectivity index (χ3v) is 3.96. The average molecular weight is 377 g/mol. The van der Waals surface area contributed by atoms with Crippen molar-refractivity contribution in [3.63, 3.8) is 0 Å². The fourth-order valence-electron chi connectivity index (χ4n) is 2.57. The smallest absolute Gasteiger partial charge is 0.338 e. The first kappa shape index (κ1) is 19.0. The van der Waals surface area contributed by atoms with Gasteiger partial charge in [-0.25, -0.2) is 4.79 Å². The van der Waals surface area contributed by atoms with E-state index in [-0.39, 0.29) is 18.3 Å². The van der Waals surface area contributed by atoms with Crippen LogP contribution in [0.3, 0.4) is 0 Å². The van der Waals surface area contributed by atoms with E-state index in [0.717, 1.165) is 5.56 Å². The lowest BCUT2D eigenvalue weighted by Crippen LogP contribution is -2.14. The van der Waals surface area contributed by atoms with E-state index in [9.17, 15) is 14.4 Å². The van der Waals surface area contributed by atoms with Crippen LogP contribution >= 0.6 is 0 Å². The highest BCUT2D eigenvalue weighted by Gasteiger charge is 2.12. The second kappa shape index (κ2) is 8.77. The Hall–Kier alpha value is -3.74. The summed E-state index contributed by atoms with van der Waals surface area (Å²) in [6.07, 6.45) is 3.56. The van der Waals surface area contributed by atoms with Crippen LogP contribution in [-0.4, -0.2) is 34.0 Å². The van der Waals surface area contributed by atoms with Gasteiger partial charge in [-0.15, -0.1) is 0 Å². The van der Waals surface area contributed by atoms with Crippen LogP contribution in [0.4, 0.5) is 5.69 Å². The van der Waals surface area contributed by atoms with E-state index in [1.807, 2.05) is 24.4 Å². The van der Waals surface area contributed by atoms with Crippen molar-refractivity contribution in [3.05, 3.63) is 83.7 Å². The molecule has 0 saturated carbocycles. The second-order valence-corrected chi connectivity index (χ2v) is 6.16. The van der Waals surface area contributed by atoms with Crippen LogP contribution in [-0.2, 0) is 16.1 Å². The minimum absolute atomic E-state index is 0.191. The summed E-state index contributed by atoms with van der Waals surface area (Å²) in [6.45, 7) is 1.66. The lowest BCUT2D eigenvalue weighted by atomic mass is 10.1. The van der Waals surface area contributed by atoms with Crippen molar-refractivity contribution in [1.82, 2.24) is 9.78 Å². The molecular weight excluding hydrogens is 358 g/mol. The second-order valence-electron chi connectivity index (χ2n) is 6.16. The minimum Gasteiger partial charge on any atom is -0.454 e. The molecular formula is C21H19N3O4. The van der Waals surface area contributed by atoms with Crippen LogP contribution in [0.25, 0.3) is 0 Å². The molecule has 7 nitrogen and oxygen atoms in total. The molecule has 0 aliphatic rings. The Kier molecular flexibility index (Phi) is 5.96. The molecule has 0 spiro atoms. The summed E-state index contributed by atoms with van der Waals surface area (Å²) in [5, 5.41) is 6.75. The molecule has 0 bridgehead atoms. The molecule has 1 N–H and O–H groups in total. The van der Waals surface area contributed by atoms with Gasteiger partial charge in [0.2, 0.25) is 5.91 Å². The molecule has 3 rings (SSSR count). The Morgan fingerprint density at radius 2 is 1.68 bits per heavy atom. The van der Waals surface area contributed by atoms with Crippen LogP contribution in [0.1, 0.15) is 33.2 Å². The van der Waals surface area contributed by atoms with E-state index in [1.54, 1.807) is 47.3 Å². The predicted octanol–water partition coefficient (Wildman–Crippen LogP) is 2.93. The van der Waals surface area contributed by atoms with Crippen molar-refractivity contribution >= 4 is 23.3 Å². The summed E-state index contributed by atoms with van der Waals surface area (Å²) in [6, 6.07) is 15.2. The Bertz CT molecular complexity index is 962. The summed E-state index contributed by atoms with van der Waals surface area (Å²) in [5.74, 6) is -1.07. The van der Waals surface area contributed by atoms with Crippen LogP contribution < -0.4 is 5.32 Å². The molecule has 0 atom stereocenters. The molecule has 0 aliphatic carbocycles. The zero-order valence-corrected chi connectivity index (χ0v) is 15.3. The van der Waals surface area contributed by atoms with Crippen LogP contribution in [0, 0.1) is 0 Å². The van der Waals surface area contributed by atoms with Gasteiger partial charge in [0.1, 0.15) is 0 Å². The van der Waals surface area contributed by atoms with E-state index in [4.69, 9.17) is 4.74 Å². The fraction of sp³-hybridized carbons (Fsp3) is 0.143. The molecule has 7 heteroatoms. The van der Waals surface area contributed by atoms with E-state index in [0.29, 0.717) is 23.4 Å². The maximum atomic E-state index is 12.2. The van der Waals surface area contributed by atoms with Gasteiger partial charge in [0, 0.05) is 30.6 Å². The molecule has 3 aromatic rings. The van der Waals surface area contributed by atoms with Crippen molar-refractivity contribution in [2.75, 3.05) is 11.9 Å². The standard InChI is InChI=1S/C21H19N3O4/c1-15(25)23-19-9-7-17(8-10-19)20(26)14-28-21(27)18-5-3-16(4-6-18)13-24-12-2-11-22-24/h2-12H,13-14H2,1H3,(H,23,25). The number of hydrogen-bond acceptors (Lipinski definition) is 5. The number of nitrogens with one attached hydrogen (secondary N) is 1. The number of esters is 1. The third kappa shape index (κ3) is 5.14. The highest BCUT2D eigenvalue weighted by Crippen LogP contribution is 2.11. The summed E-state index contributed by atoms with van der Waals surface area (Å²) in [5.41, 5.74) is 2.36. The monoisotopic (exact) mass is 377 g/mol. The molecule has 0 aliphatic heterocycles. The van der Waals surface area contributed by atoms with Gasteiger partial charge >= 0.3 is 5.97 Å². The van der Waals surface area contributed by atoms with Crippen molar-refractivity contribution in [2.24, 2.45) is 0 Å². The minimum atomic E-state index is -0.561. The molecule has 0 fully saturated rings. The molecule has 0 radical (unpaired) electrons. The van der Waals surface area contributed by atoms with Gasteiger partial charge < -0.3 is 10.1 Å². The Morgan fingerprint density at radius 3 is 2.29 bits per heavy atom. The van der Waals surface area contributed by atoms with Crippen molar-refractivity contribution in [3.8, 4) is 0 Å². The topological polar surface area (TPSA) is 90.3 Å². The predicted molar refractivity (Wildman–Crippen MR) is 103 cm³/mol. The molecule has 1 heterocycles. The van der Waals surface area contributed by atoms with Crippen molar-refractivity contribution < 1.29 is 19.1 Å². The van der Waals surface area contributed by atoms with Gasteiger partial charge in [-0.3, -0.25) is 14.3 Å². The number of amides is 1. The molecule has 2 aromatic carbocycles. The SMILES string of the molecule is CC(=O)Nc1ccc(C(=O)COC(=O)c2ccc(Cn3cccn3)cc2)cc1. The van der Waals surface area contributed by atoms with Gasteiger partial charge in [-0.05, 0) is 48.0 Å². The summed E-state index contributed by atoms with van der Waals surface area (Å²) in [7, 11) is 0. The Balaban J connectivity index is 1.53. The number of nitrogens with zero attached hydrogens (tertiary/aromatic N) is 2. The molecule has 0 saturated heterocycles. The van der Waals surface area contributed by atoms with E-state index >= 15 is 0 Å². The Morgan fingerprint density at radius 1 is 1.00 bits per heavy atom.